The second-order valence-corrected chi connectivity index (χ2v) is 4.79. The van der Waals surface area contributed by atoms with E-state index in [1.165, 1.54) is 17.7 Å². The van der Waals surface area contributed by atoms with Crippen molar-refractivity contribution in [3.63, 3.8) is 0 Å². The summed E-state index contributed by atoms with van der Waals surface area (Å²) in [6.45, 7) is 3.93. The number of benzene rings is 2. The molecule has 1 nitrogen and oxygen atoms in total. The van der Waals surface area contributed by atoms with Crippen LogP contribution in [-0.2, 0) is 5.33 Å². The summed E-state index contributed by atoms with van der Waals surface area (Å²) in [6.07, 6.45) is 0. The van der Waals surface area contributed by atoms with Gasteiger partial charge in [0.25, 0.3) is 0 Å². The Bertz CT molecular complexity index is 566. The van der Waals surface area contributed by atoms with Crippen molar-refractivity contribution in [2.75, 3.05) is 0 Å². The molecule has 0 radical (unpaired) electrons. The van der Waals surface area contributed by atoms with Gasteiger partial charge < -0.3 is 4.74 Å². The number of halogens is 2. The zero-order chi connectivity index (χ0) is 13.1. The monoisotopic (exact) mass is 308 g/mol. The van der Waals surface area contributed by atoms with Crippen molar-refractivity contribution >= 4 is 15.9 Å². The van der Waals surface area contributed by atoms with E-state index in [1.54, 1.807) is 6.07 Å². The van der Waals surface area contributed by atoms with E-state index < -0.39 is 0 Å². The number of ether oxygens (including phenoxy) is 1. The van der Waals surface area contributed by atoms with E-state index >= 15 is 0 Å². The van der Waals surface area contributed by atoms with Gasteiger partial charge in [0, 0.05) is 11.4 Å². The summed E-state index contributed by atoms with van der Waals surface area (Å²) in [5.41, 5.74) is 3.29. The number of rotatable bonds is 3. The maximum atomic E-state index is 13.2. The topological polar surface area (TPSA) is 9.23 Å². The van der Waals surface area contributed by atoms with Gasteiger partial charge in [-0.3, -0.25) is 0 Å². The minimum atomic E-state index is -0.288. The summed E-state index contributed by atoms with van der Waals surface area (Å²) >= 11 is 3.43. The van der Waals surface area contributed by atoms with E-state index in [1.807, 2.05) is 32.0 Å². The van der Waals surface area contributed by atoms with Crippen LogP contribution >= 0.6 is 15.9 Å². The zero-order valence-electron chi connectivity index (χ0n) is 10.3. The smallest absolute Gasteiger partial charge is 0.133 e. The Balaban J connectivity index is 2.28. The highest BCUT2D eigenvalue weighted by Gasteiger charge is 2.05. The van der Waals surface area contributed by atoms with Crippen LogP contribution in [0.5, 0.6) is 11.5 Å². The molecule has 18 heavy (non-hydrogen) atoms. The first-order chi connectivity index (χ1) is 8.60. The SMILES string of the molecule is Cc1cc(Oc2cc(F)ccc2C)ccc1CBr. The second-order valence-electron chi connectivity index (χ2n) is 4.23. The Labute approximate surface area is 115 Å². The lowest BCUT2D eigenvalue weighted by atomic mass is 10.1. The van der Waals surface area contributed by atoms with E-state index in [9.17, 15) is 4.39 Å². The molecular formula is C15H14BrFO. The fourth-order valence-corrected chi connectivity index (χ4v) is 2.32. The first-order valence-corrected chi connectivity index (χ1v) is 6.82. The van der Waals surface area contributed by atoms with E-state index in [4.69, 9.17) is 4.74 Å². The van der Waals surface area contributed by atoms with Gasteiger partial charge in [0.1, 0.15) is 17.3 Å². The lowest BCUT2D eigenvalue weighted by molar-refractivity contribution is 0.472. The van der Waals surface area contributed by atoms with E-state index in [0.717, 1.165) is 22.2 Å². The van der Waals surface area contributed by atoms with Gasteiger partial charge in [0.05, 0.1) is 0 Å². The Kier molecular flexibility index (Phi) is 4.02. The number of hydrogen-bond acceptors (Lipinski definition) is 1. The molecule has 94 valence electrons. The molecule has 0 aliphatic carbocycles. The minimum Gasteiger partial charge on any atom is -0.457 e. The maximum Gasteiger partial charge on any atom is 0.133 e. The van der Waals surface area contributed by atoms with E-state index in [0.29, 0.717) is 5.75 Å². The molecule has 2 aromatic rings. The molecule has 0 saturated carbocycles. The van der Waals surface area contributed by atoms with Gasteiger partial charge >= 0.3 is 0 Å². The molecule has 0 aromatic heterocycles. The summed E-state index contributed by atoms with van der Waals surface area (Å²) in [7, 11) is 0. The lowest BCUT2D eigenvalue weighted by Gasteiger charge is -2.10. The summed E-state index contributed by atoms with van der Waals surface area (Å²) < 4.78 is 18.9. The van der Waals surface area contributed by atoms with E-state index in [2.05, 4.69) is 15.9 Å². The molecule has 0 bridgehead atoms. The third-order valence-electron chi connectivity index (χ3n) is 2.84. The van der Waals surface area contributed by atoms with Gasteiger partial charge in [-0.15, -0.1) is 0 Å². The molecule has 0 saturated heterocycles. The van der Waals surface area contributed by atoms with Crippen LogP contribution in [0.3, 0.4) is 0 Å². The number of hydrogen-bond donors (Lipinski definition) is 0. The Morgan fingerprint density at radius 1 is 1.06 bits per heavy atom. The summed E-state index contributed by atoms with van der Waals surface area (Å²) in [6, 6.07) is 10.4. The Morgan fingerprint density at radius 2 is 1.83 bits per heavy atom. The fourth-order valence-electron chi connectivity index (χ4n) is 1.69. The van der Waals surface area contributed by atoms with Crippen LogP contribution in [0, 0.1) is 19.7 Å². The molecule has 0 amide bonds. The highest BCUT2D eigenvalue weighted by atomic mass is 79.9. The Morgan fingerprint density at radius 3 is 2.50 bits per heavy atom. The highest BCUT2D eigenvalue weighted by Crippen LogP contribution is 2.27. The van der Waals surface area contributed by atoms with Crippen LogP contribution in [0.2, 0.25) is 0 Å². The summed E-state index contributed by atoms with van der Waals surface area (Å²) in [5.74, 6) is 0.997. The number of alkyl halides is 1. The van der Waals surface area contributed by atoms with Crippen molar-refractivity contribution < 1.29 is 9.13 Å². The molecule has 0 atom stereocenters. The van der Waals surface area contributed by atoms with Gasteiger partial charge in [0.2, 0.25) is 0 Å². The van der Waals surface area contributed by atoms with Crippen LogP contribution in [0.4, 0.5) is 4.39 Å². The molecule has 0 spiro atoms. The molecular weight excluding hydrogens is 295 g/mol. The van der Waals surface area contributed by atoms with Crippen molar-refractivity contribution in [2.24, 2.45) is 0 Å². The van der Waals surface area contributed by atoms with Crippen molar-refractivity contribution in [2.45, 2.75) is 19.2 Å². The predicted octanol–water partition coefficient (Wildman–Crippen LogP) is 5.13. The van der Waals surface area contributed by atoms with Gasteiger partial charge in [0.15, 0.2) is 0 Å². The molecule has 0 aliphatic heterocycles. The van der Waals surface area contributed by atoms with Gasteiger partial charge in [-0.1, -0.05) is 28.1 Å². The minimum absolute atomic E-state index is 0.288. The maximum absolute atomic E-state index is 13.2. The zero-order valence-corrected chi connectivity index (χ0v) is 11.9. The molecule has 0 fully saturated rings. The number of aryl methyl sites for hydroxylation is 2. The molecule has 0 heterocycles. The van der Waals surface area contributed by atoms with Gasteiger partial charge in [-0.25, -0.2) is 4.39 Å². The van der Waals surface area contributed by atoms with Crippen LogP contribution in [0.25, 0.3) is 0 Å². The molecule has 2 rings (SSSR count). The van der Waals surface area contributed by atoms with Crippen molar-refractivity contribution in [1.82, 2.24) is 0 Å². The third kappa shape index (κ3) is 2.91. The van der Waals surface area contributed by atoms with E-state index in [-0.39, 0.29) is 5.82 Å². The van der Waals surface area contributed by atoms with Crippen molar-refractivity contribution in [3.8, 4) is 11.5 Å². The van der Waals surface area contributed by atoms with Crippen LogP contribution in [0.15, 0.2) is 36.4 Å². The molecule has 0 N–H and O–H groups in total. The first-order valence-electron chi connectivity index (χ1n) is 5.69. The largest absolute Gasteiger partial charge is 0.457 e. The Hall–Kier alpha value is -1.35. The average Bonchev–Trinajstić information content (AvgIpc) is 2.34. The highest BCUT2D eigenvalue weighted by molar-refractivity contribution is 9.08. The average molecular weight is 309 g/mol. The molecule has 3 heteroatoms. The van der Waals surface area contributed by atoms with Crippen molar-refractivity contribution in [1.29, 1.82) is 0 Å². The summed E-state index contributed by atoms with van der Waals surface area (Å²) in [4.78, 5) is 0. The first kappa shape index (κ1) is 13.1. The second kappa shape index (κ2) is 5.53. The lowest BCUT2D eigenvalue weighted by Crippen LogP contribution is -1.91. The van der Waals surface area contributed by atoms with Gasteiger partial charge in [-0.05, 0) is 48.7 Å². The predicted molar refractivity (Wildman–Crippen MR) is 75.0 cm³/mol. The standard InChI is InChI=1S/C15H14BrFO/c1-10-3-5-13(17)8-15(10)18-14-6-4-12(9-16)11(2)7-14/h3-8H,9H2,1-2H3. The van der Waals surface area contributed by atoms with Crippen LogP contribution < -0.4 is 4.74 Å². The molecule has 0 unspecified atom stereocenters. The quantitative estimate of drug-likeness (QED) is 0.714. The molecule has 2 aromatic carbocycles. The van der Waals surface area contributed by atoms with Crippen LogP contribution in [0.1, 0.15) is 16.7 Å². The normalized spacial score (nSPS) is 10.4. The molecule has 0 aliphatic rings. The van der Waals surface area contributed by atoms with Crippen molar-refractivity contribution in [3.05, 3.63) is 58.9 Å². The fraction of sp³-hybridized carbons (Fsp3) is 0.200. The van der Waals surface area contributed by atoms with Crippen LogP contribution in [-0.4, -0.2) is 0 Å². The third-order valence-corrected chi connectivity index (χ3v) is 3.44. The summed E-state index contributed by atoms with van der Waals surface area (Å²) in [5, 5.41) is 0.818. The van der Waals surface area contributed by atoms with Gasteiger partial charge in [-0.2, -0.15) is 0 Å².